The number of piperidine rings is 1. The van der Waals surface area contributed by atoms with E-state index in [1.54, 1.807) is 7.11 Å². The first kappa shape index (κ1) is 13.4. The van der Waals surface area contributed by atoms with E-state index >= 15 is 0 Å². The molecule has 0 saturated carbocycles. The number of rotatable bonds is 6. The van der Waals surface area contributed by atoms with Gasteiger partial charge in [-0.2, -0.15) is 0 Å². The summed E-state index contributed by atoms with van der Waals surface area (Å²) in [4.78, 5) is 0. The lowest BCUT2D eigenvalue weighted by Gasteiger charge is -2.22. The average Bonchev–Trinajstić information content (AvgIpc) is 2.45. The van der Waals surface area contributed by atoms with Gasteiger partial charge in [0.1, 0.15) is 5.75 Å². The normalized spacial score (nSPS) is 16.7. The van der Waals surface area contributed by atoms with E-state index in [9.17, 15) is 0 Å². The summed E-state index contributed by atoms with van der Waals surface area (Å²) in [5, 5.41) is 3.43. The van der Waals surface area contributed by atoms with Gasteiger partial charge in [0, 0.05) is 0 Å². The molecule has 2 heteroatoms. The lowest BCUT2D eigenvalue weighted by Crippen LogP contribution is -2.27. The highest BCUT2D eigenvalue weighted by Crippen LogP contribution is 2.20. The maximum Gasteiger partial charge on any atom is 0.119 e. The van der Waals surface area contributed by atoms with Crippen LogP contribution in [0.4, 0.5) is 0 Å². The van der Waals surface area contributed by atoms with Crippen LogP contribution in [0.5, 0.6) is 5.75 Å². The molecule has 0 radical (unpaired) electrons. The lowest BCUT2D eigenvalue weighted by molar-refractivity contribution is 0.344. The second-order valence-electron chi connectivity index (χ2n) is 5.29. The number of aryl methyl sites for hydroxylation is 1. The van der Waals surface area contributed by atoms with Crippen LogP contribution in [0.2, 0.25) is 0 Å². The molecular weight excluding hydrogens is 222 g/mol. The van der Waals surface area contributed by atoms with Gasteiger partial charge in [0.25, 0.3) is 0 Å². The Balaban J connectivity index is 1.65. The van der Waals surface area contributed by atoms with E-state index in [1.807, 2.05) is 6.07 Å². The van der Waals surface area contributed by atoms with Gasteiger partial charge in [0.15, 0.2) is 0 Å². The fraction of sp³-hybridized carbons (Fsp3) is 0.625. The topological polar surface area (TPSA) is 21.3 Å². The van der Waals surface area contributed by atoms with Gasteiger partial charge >= 0.3 is 0 Å². The Labute approximate surface area is 111 Å². The van der Waals surface area contributed by atoms with E-state index in [4.69, 9.17) is 4.74 Å². The third kappa shape index (κ3) is 4.34. The number of nitrogens with one attached hydrogen (secondary N) is 1. The summed E-state index contributed by atoms with van der Waals surface area (Å²) in [6.45, 7) is 2.45. The quantitative estimate of drug-likeness (QED) is 0.778. The number of ether oxygens (including phenoxy) is 1. The zero-order valence-electron chi connectivity index (χ0n) is 11.5. The fourth-order valence-electron chi connectivity index (χ4n) is 2.76. The Morgan fingerprint density at radius 1 is 1.22 bits per heavy atom. The van der Waals surface area contributed by atoms with Crippen LogP contribution >= 0.6 is 0 Å². The predicted molar refractivity (Wildman–Crippen MR) is 76.1 cm³/mol. The minimum Gasteiger partial charge on any atom is -0.497 e. The molecular formula is C16H25NO. The molecule has 1 aliphatic heterocycles. The van der Waals surface area contributed by atoms with Crippen LogP contribution in [0.25, 0.3) is 0 Å². The monoisotopic (exact) mass is 247 g/mol. The first-order chi connectivity index (χ1) is 8.88. The van der Waals surface area contributed by atoms with Crippen LogP contribution in [0, 0.1) is 5.92 Å². The molecule has 1 saturated heterocycles. The van der Waals surface area contributed by atoms with E-state index in [-0.39, 0.29) is 0 Å². The predicted octanol–water partition coefficient (Wildman–Crippen LogP) is 3.41. The summed E-state index contributed by atoms with van der Waals surface area (Å²) in [5.41, 5.74) is 1.40. The number of hydrogen-bond donors (Lipinski definition) is 1. The maximum absolute atomic E-state index is 5.25. The SMILES string of the molecule is COc1cccc(CCCCC2CCNCC2)c1. The number of methoxy groups -OCH3 is 1. The zero-order valence-corrected chi connectivity index (χ0v) is 11.5. The van der Waals surface area contributed by atoms with E-state index < -0.39 is 0 Å². The molecule has 0 bridgehead atoms. The van der Waals surface area contributed by atoms with Crippen LogP contribution in [-0.4, -0.2) is 20.2 Å². The highest BCUT2D eigenvalue weighted by molar-refractivity contribution is 5.28. The molecule has 1 fully saturated rings. The van der Waals surface area contributed by atoms with Crippen molar-refractivity contribution in [1.82, 2.24) is 5.32 Å². The van der Waals surface area contributed by atoms with E-state index in [1.165, 1.54) is 57.2 Å². The third-order valence-electron chi connectivity index (χ3n) is 3.92. The summed E-state index contributed by atoms with van der Waals surface area (Å²) in [6, 6.07) is 8.46. The number of hydrogen-bond acceptors (Lipinski definition) is 2. The van der Waals surface area contributed by atoms with Gasteiger partial charge in [-0.25, -0.2) is 0 Å². The molecule has 0 unspecified atom stereocenters. The summed E-state index contributed by atoms with van der Waals surface area (Å²) in [7, 11) is 1.73. The van der Waals surface area contributed by atoms with Gasteiger partial charge < -0.3 is 10.1 Å². The van der Waals surface area contributed by atoms with Crippen molar-refractivity contribution in [3.63, 3.8) is 0 Å². The minimum absolute atomic E-state index is 0.969. The molecule has 0 amide bonds. The highest BCUT2D eigenvalue weighted by atomic mass is 16.5. The van der Waals surface area contributed by atoms with Gasteiger partial charge in [-0.15, -0.1) is 0 Å². The third-order valence-corrected chi connectivity index (χ3v) is 3.92. The molecule has 2 nitrogen and oxygen atoms in total. The van der Waals surface area contributed by atoms with Crippen LogP contribution in [0.1, 0.15) is 37.7 Å². The van der Waals surface area contributed by atoms with Crippen molar-refractivity contribution in [2.75, 3.05) is 20.2 Å². The largest absolute Gasteiger partial charge is 0.497 e. The highest BCUT2D eigenvalue weighted by Gasteiger charge is 2.11. The Morgan fingerprint density at radius 3 is 2.83 bits per heavy atom. The van der Waals surface area contributed by atoms with Gasteiger partial charge in [-0.05, 0) is 62.4 Å². The summed E-state index contributed by atoms with van der Waals surface area (Å²) < 4.78 is 5.25. The smallest absolute Gasteiger partial charge is 0.119 e. The molecule has 1 heterocycles. The average molecular weight is 247 g/mol. The number of benzene rings is 1. The van der Waals surface area contributed by atoms with Crippen molar-refractivity contribution in [1.29, 1.82) is 0 Å². The second-order valence-corrected chi connectivity index (χ2v) is 5.29. The molecule has 18 heavy (non-hydrogen) atoms. The molecule has 1 aliphatic rings. The van der Waals surface area contributed by atoms with Gasteiger partial charge in [-0.3, -0.25) is 0 Å². The Hall–Kier alpha value is -1.02. The van der Waals surface area contributed by atoms with Crippen molar-refractivity contribution in [3.8, 4) is 5.75 Å². The Morgan fingerprint density at radius 2 is 2.06 bits per heavy atom. The van der Waals surface area contributed by atoms with E-state index in [0.717, 1.165) is 11.7 Å². The van der Waals surface area contributed by atoms with Gasteiger partial charge in [0.2, 0.25) is 0 Å². The lowest BCUT2D eigenvalue weighted by atomic mass is 9.92. The number of unbranched alkanes of at least 4 members (excludes halogenated alkanes) is 1. The standard InChI is InChI=1S/C16H25NO/c1-18-16-8-4-7-15(13-16)6-3-2-5-14-9-11-17-12-10-14/h4,7-8,13-14,17H,2-3,5-6,9-12H2,1H3. The van der Waals surface area contributed by atoms with Crippen LogP contribution in [-0.2, 0) is 6.42 Å². The summed E-state index contributed by atoms with van der Waals surface area (Å²) in [6.07, 6.45) is 8.01. The molecule has 0 spiro atoms. The molecule has 0 aromatic heterocycles. The first-order valence-corrected chi connectivity index (χ1v) is 7.22. The van der Waals surface area contributed by atoms with Crippen LogP contribution in [0.15, 0.2) is 24.3 Å². The molecule has 1 N–H and O–H groups in total. The zero-order chi connectivity index (χ0) is 12.6. The molecule has 2 rings (SSSR count). The van der Waals surface area contributed by atoms with Crippen LogP contribution in [0.3, 0.4) is 0 Å². The molecule has 100 valence electrons. The molecule has 1 aromatic carbocycles. The van der Waals surface area contributed by atoms with Crippen molar-refractivity contribution in [2.24, 2.45) is 5.92 Å². The first-order valence-electron chi connectivity index (χ1n) is 7.22. The second kappa shape index (κ2) is 7.42. The Kier molecular flexibility index (Phi) is 5.53. The summed E-state index contributed by atoms with van der Waals surface area (Å²) >= 11 is 0. The molecule has 1 aromatic rings. The fourth-order valence-corrected chi connectivity index (χ4v) is 2.76. The van der Waals surface area contributed by atoms with Gasteiger partial charge in [0.05, 0.1) is 7.11 Å². The minimum atomic E-state index is 0.969. The van der Waals surface area contributed by atoms with E-state index in [2.05, 4.69) is 23.5 Å². The molecule has 0 aliphatic carbocycles. The summed E-state index contributed by atoms with van der Waals surface area (Å²) in [5.74, 6) is 1.95. The van der Waals surface area contributed by atoms with Crippen molar-refractivity contribution in [2.45, 2.75) is 38.5 Å². The molecule has 0 atom stereocenters. The Bertz CT molecular complexity index is 345. The van der Waals surface area contributed by atoms with Crippen molar-refractivity contribution < 1.29 is 4.74 Å². The van der Waals surface area contributed by atoms with Crippen molar-refractivity contribution in [3.05, 3.63) is 29.8 Å². The van der Waals surface area contributed by atoms with Crippen molar-refractivity contribution >= 4 is 0 Å². The van der Waals surface area contributed by atoms with E-state index in [0.29, 0.717) is 0 Å². The van der Waals surface area contributed by atoms with Gasteiger partial charge in [-0.1, -0.05) is 25.0 Å². The van der Waals surface area contributed by atoms with Crippen LogP contribution < -0.4 is 10.1 Å². The maximum atomic E-state index is 5.25.